The van der Waals surface area contributed by atoms with Crippen LogP contribution in [0.25, 0.3) is 5.57 Å². The maximum absolute atomic E-state index is 9.16. The van der Waals surface area contributed by atoms with Crippen molar-refractivity contribution in [3.63, 3.8) is 0 Å². The molecular formula is C18H15NO4. The molecule has 1 aliphatic heterocycles. The summed E-state index contributed by atoms with van der Waals surface area (Å²) in [5.41, 5.74) is 2.43. The Kier molecular flexibility index (Phi) is 4.07. The van der Waals surface area contributed by atoms with Crippen molar-refractivity contribution in [3.05, 3.63) is 53.6 Å². The highest BCUT2D eigenvalue weighted by Gasteiger charge is 2.16. The lowest BCUT2D eigenvalue weighted by atomic mass is 9.97. The zero-order valence-electron chi connectivity index (χ0n) is 12.8. The lowest BCUT2D eigenvalue weighted by Crippen LogP contribution is -1.93. The van der Waals surface area contributed by atoms with Crippen LogP contribution in [0.15, 0.2) is 42.5 Å². The van der Waals surface area contributed by atoms with Gasteiger partial charge < -0.3 is 18.9 Å². The van der Waals surface area contributed by atoms with E-state index in [1.54, 1.807) is 20.3 Å². The summed E-state index contributed by atoms with van der Waals surface area (Å²) in [6.45, 7) is 0.211. The molecule has 1 aliphatic rings. The molecule has 0 saturated heterocycles. The van der Waals surface area contributed by atoms with Gasteiger partial charge in [0, 0.05) is 12.1 Å². The van der Waals surface area contributed by atoms with Crippen LogP contribution in [-0.2, 0) is 0 Å². The van der Waals surface area contributed by atoms with Crippen molar-refractivity contribution in [2.24, 2.45) is 0 Å². The maximum Gasteiger partial charge on any atom is 0.231 e. The summed E-state index contributed by atoms with van der Waals surface area (Å²) in [6.07, 6.45) is 1.49. The van der Waals surface area contributed by atoms with E-state index in [0.29, 0.717) is 23.0 Å². The zero-order chi connectivity index (χ0) is 16.2. The molecule has 0 saturated carbocycles. The van der Waals surface area contributed by atoms with Gasteiger partial charge in [-0.2, -0.15) is 5.26 Å². The molecule has 0 unspecified atom stereocenters. The molecule has 0 aliphatic carbocycles. The Morgan fingerprint density at radius 3 is 2.35 bits per heavy atom. The van der Waals surface area contributed by atoms with Gasteiger partial charge in [0.2, 0.25) is 6.79 Å². The van der Waals surface area contributed by atoms with Gasteiger partial charge >= 0.3 is 0 Å². The highest BCUT2D eigenvalue weighted by Crippen LogP contribution is 2.37. The fourth-order valence-electron chi connectivity index (χ4n) is 2.42. The number of benzene rings is 2. The van der Waals surface area contributed by atoms with Gasteiger partial charge in [0.25, 0.3) is 0 Å². The second-order valence-corrected chi connectivity index (χ2v) is 4.86. The van der Waals surface area contributed by atoms with Crippen molar-refractivity contribution in [3.8, 4) is 29.1 Å². The molecule has 0 radical (unpaired) electrons. The first-order chi connectivity index (χ1) is 11.2. The topological polar surface area (TPSA) is 60.7 Å². The van der Waals surface area contributed by atoms with E-state index in [1.165, 1.54) is 6.08 Å². The number of nitriles is 1. The molecule has 0 amide bonds. The molecule has 0 spiro atoms. The molecular weight excluding hydrogens is 294 g/mol. The number of rotatable bonds is 4. The van der Waals surface area contributed by atoms with Crippen LogP contribution >= 0.6 is 0 Å². The van der Waals surface area contributed by atoms with E-state index in [1.807, 2.05) is 30.3 Å². The molecule has 116 valence electrons. The van der Waals surface area contributed by atoms with Crippen molar-refractivity contribution in [2.75, 3.05) is 21.0 Å². The van der Waals surface area contributed by atoms with E-state index in [2.05, 4.69) is 6.07 Å². The van der Waals surface area contributed by atoms with Crippen LogP contribution in [0, 0.1) is 11.3 Å². The van der Waals surface area contributed by atoms with Gasteiger partial charge in [-0.15, -0.1) is 0 Å². The Bertz CT molecular complexity index is 783. The Hall–Kier alpha value is -3.13. The third-order valence-corrected chi connectivity index (χ3v) is 3.55. The van der Waals surface area contributed by atoms with Crippen molar-refractivity contribution < 1.29 is 18.9 Å². The normalized spacial score (nSPS) is 12.7. The van der Waals surface area contributed by atoms with E-state index in [4.69, 9.17) is 24.2 Å². The van der Waals surface area contributed by atoms with Crippen molar-refractivity contribution >= 4 is 5.57 Å². The SMILES string of the molecule is COc1cc(OC)cc(/C(=C\C#N)c2ccc3c(c2)OCO3)c1. The van der Waals surface area contributed by atoms with Crippen LogP contribution in [0.4, 0.5) is 0 Å². The molecule has 0 fully saturated rings. The quantitative estimate of drug-likeness (QED) is 0.810. The molecule has 2 aromatic carbocycles. The second kappa shape index (κ2) is 6.32. The van der Waals surface area contributed by atoms with Gasteiger partial charge in [-0.1, -0.05) is 6.07 Å². The van der Waals surface area contributed by atoms with Gasteiger partial charge in [0.05, 0.1) is 20.3 Å². The van der Waals surface area contributed by atoms with E-state index >= 15 is 0 Å². The lowest BCUT2D eigenvalue weighted by Gasteiger charge is -2.12. The number of methoxy groups -OCH3 is 2. The predicted molar refractivity (Wildman–Crippen MR) is 84.8 cm³/mol. The molecule has 0 N–H and O–H groups in total. The highest BCUT2D eigenvalue weighted by atomic mass is 16.7. The van der Waals surface area contributed by atoms with Crippen molar-refractivity contribution in [2.45, 2.75) is 0 Å². The molecule has 1 heterocycles. The summed E-state index contributed by atoms with van der Waals surface area (Å²) in [5, 5.41) is 9.16. The van der Waals surface area contributed by atoms with Crippen LogP contribution < -0.4 is 18.9 Å². The van der Waals surface area contributed by atoms with Crippen LogP contribution in [0.5, 0.6) is 23.0 Å². The lowest BCUT2D eigenvalue weighted by molar-refractivity contribution is 0.174. The average molecular weight is 309 g/mol. The molecule has 5 nitrogen and oxygen atoms in total. The van der Waals surface area contributed by atoms with Gasteiger partial charge in [-0.05, 0) is 41.0 Å². The first kappa shape index (κ1) is 14.8. The largest absolute Gasteiger partial charge is 0.497 e. The number of hydrogen-bond donors (Lipinski definition) is 0. The van der Waals surface area contributed by atoms with Gasteiger partial charge in [0.1, 0.15) is 11.5 Å². The smallest absolute Gasteiger partial charge is 0.231 e. The average Bonchev–Trinajstić information content (AvgIpc) is 3.06. The minimum absolute atomic E-state index is 0.211. The molecule has 0 aromatic heterocycles. The monoisotopic (exact) mass is 309 g/mol. The van der Waals surface area contributed by atoms with Crippen molar-refractivity contribution in [1.29, 1.82) is 5.26 Å². The third kappa shape index (κ3) is 2.92. The van der Waals surface area contributed by atoms with Crippen molar-refractivity contribution in [1.82, 2.24) is 0 Å². The maximum atomic E-state index is 9.16. The van der Waals surface area contributed by atoms with Gasteiger partial charge in [-0.3, -0.25) is 0 Å². The fourth-order valence-corrected chi connectivity index (χ4v) is 2.42. The summed E-state index contributed by atoms with van der Waals surface area (Å²) in [7, 11) is 3.18. The number of hydrogen-bond acceptors (Lipinski definition) is 5. The summed E-state index contributed by atoms with van der Waals surface area (Å²) in [4.78, 5) is 0. The fraction of sp³-hybridized carbons (Fsp3) is 0.167. The molecule has 2 aromatic rings. The Morgan fingerprint density at radius 1 is 1.00 bits per heavy atom. The second-order valence-electron chi connectivity index (χ2n) is 4.86. The molecule has 0 atom stereocenters. The molecule has 3 rings (SSSR count). The minimum atomic E-state index is 0.211. The van der Waals surface area contributed by atoms with E-state index < -0.39 is 0 Å². The Balaban J connectivity index is 2.10. The number of ether oxygens (including phenoxy) is 4. The zero-order valence-corrected chi connectivity index (χ0v) is 12.8. The highest BCUT2D eigenvalue weighted by molar-refractivity contribution is 5.83. The number of nitrogens with zero attached hydrogens (tertiary/aromatic N) is 1. The summed E-state index contributed by atoms with van der Waals surface area (Å²) < 4.78 is 21.3. The first-order valence-electron chi connectivity index (χ1n) is 6.98. The molecule has 23 heavy (non-hydrogen) atoms. The first-order valence-corrected chi connectivity index (χ1v) is 6.98. The third-order valence-electron chi connectivity index (χ3n) is 3.55. The summed E-state index contributed by atoms with van der Waals surface area (Å²) >= 11 is 0. The Morgan fingerprint density at radius 2 is 1.70 bits per heavy atom. The Labute approximate surface area is 134 Å². The van der Waals surface area contributed by atoms with Crippen LogP contribution in [-0.4, -0.2) is 21.0 Å². The van der Waals surface area contributed by atoms with E-state index in [-0.39, 0.29) is 6.79 Å². The summed E-state index contributed by atoms with van der Waals surface area (Å²) in [5.74, 6) is 2.68. The van der Waals surface area contributed by atoms with Crippen LogP contribution in [0.1, 0.15) is 11.1 Å². The van der Waals surface area contributed by atoms with E-state index in [9.17, 15) is 0 Å². The predicted octanol–water partition coefficient (Wildman–Crippen LogP) is 3.39. The van der Waals surface area contributed by atoms with Crippen LogP contribution in [0.2, 0.25) is 0 Å². The standard InChI is InChI=1S/C18H15NO4/c1-20-14-7-13(8-15(10-14)21-2)16(5-6-19)12-3-4-17-18(9-12)23-11-22-17/h3-5,7-10H,11H2,1-2H3/b16-5-. The number of fused-ring (bicyclic) bond motifs is 1. The molecule has 5 heteroatoms. The van der Waals surface area contributed by atoms with E-state index in [0.717, 1.165) is 16.7 Å². The van der Waals surface area contributed by atoms with Gasteiger partial charge in [-0.25, -0.2) is 0 Å². The van der Waals surface area contributed by atoms with Crippen LogP contribution in [0.3, 0.4) is 0 Å². The van der Waals surface area contributed by atoms with Gasteiger partial charge in [0.15, 0.2) is 11.5 Å². The number of allylic oxidation sites excluding steroid dienone is 1. The minimum Gasteiger partial charge on any atom is -0.497 e. The molecule has 0 bridgehead atoms. The summed E-state index contributed by atoms with van der Waals surface area (Å²) in [6, 6.07) is 13.2.